The third kappa shape index (κ3) is 4.93. The van der Waals surface area contributed by atoms with Crippen molar-refractivity contribution in [2.75, 3.05) is 10.1 Å². The number of hydrogen-bond donors (Lipinski definition) is 1. The Morgan fingerprint density at radius 3 is 2.25 bits per heavy atom. The molecule has 1 N–H and O–H groups in total. The van der Waals surface area contributed by atoms with Gasteiger partial charge in [0.2, 0.25) is 10.0 Å². The summed E-state index contributed by atoms with van der Waals surface area (Å²) in [6, 6.07) is 8.76. The van der Waals surface area contributed by atoms with E-state index >= 15 is 0 Å². The zero-order chi connectivity index (χ0) is 17.8. The smallest absolute Gasteiger partial charge is 0.392 e. The molecule has 0 aliphatic carbocycles. The molecule has 0 aliphatic heterocycles. The highest BCUT2D eigenvalue weighted by Crippen LogP contribution is 2.26. The Morgan fingerprint density at radius 2 is 1.75 bits per heavy atom. The maximum absolute atomic E-state index is 12.6. The van der Waals surface area contributed by atoms with E-state index in [1.165, 1.54) is 36.7 Å². The molecule has 9 heteroatoms. The van der Waals surface area contributed by atoms with Crippen LogP contribution in [0.15, 0.2) is 48.8 Å². The van der Waals surface area contributed by atoms with E-state index in [-0.39, 0.29) is 18.8 Å². The van der Waals surface area contributed by atoms with Gasteiger partial charge in [0, 0.05) is 12.4 Å². The number of pyridine rings is 1. The van der Waals surface area contributed by atoms with E-state index in [0.717, 1.165) is 0 Å². The topological polar surface area (TPSA) is 70.5 Å². The monoisotopic (exact) mass is 360 g/mol. The molecule has 0 aliphatic rings. The highest BCUT2D eigenvalue weighted by atomic mass is 32.2. The molecule has 2 aromatic rings. The van der Waals surface area contributed by atoms with Gasteiger partial charge < -0.3 is 5.11 Å². The van der Waals surface area contributed by atoms with Gasteiger partial charge in [-0.25, -0.2) is 8.42 Å². The number of halogens is 3. The van der Waals surface area contributed by atoms with Gasteiger partial charge in [0.25, 0.3) is 0 Å². The quantitative estimate of drug-likeness (QED) is 0.859. The Hall–Kier alpha value is -2.13. The van der Waals surface area contributed by atoms with E-state index in [9.17, 15) is 21.6 Å². The third-order valence-corrected chi connectivity index (χ3v) is 4.84. The van der Waals surface area contributed by atoms with Crippen LogP contribution in [-0.2, 0) is 23.2 Å². The number of rotatable bonds is 6. The highest BCUT2D eigenvalue weighted by molar-refractivity contribution is 7.92. The van der Waals surface area contributed by atoms with Crippen molar-refractivity contribution in [1.29, 1.82) is 0 Å². The normalized spacial score (nSPS) is 12.2. The Bertz CT molecular complexity index is 763. The summed E-state index contributed by atoms with van der Waals surface area (Å²) in [4.78, 5) is 3.84. The lowest BCUT2D eigenvalue weighted by Crippen LogP contribution is -2.37. The van der Waals surface area contributed by atoms with Crippen LogP contribution in [0.5, 0.6) is 0 Å². The van der Waals surface area contributed by atoms with Crippen LogP contribution in [0.1, 0.15) is 11.1 Å². The van der Waals surface area contributed by atoms with Crippen molar-refractivity contribution in [1.82, 2.24) is 4.98 Å². The van der Waals surface area contributed by atoms with Crippen molar-refractivity contribution >= 4 is 15.7 Å². The molecule has 24 heavy (non-hydrogen) atoms. The van der Waals surface area contributed by atoms with Gasteiger partial charge in [0.05, 0.1) is 18.8 Å². The van der Waals surface area contributed by atoms with Crippen LogP contribution in [0.3, 0.4) is 0 Å². The summed E-state index contributed by atoms with van der Waals surface area (Å²) in [5.74, 6) is -1.96. The molecular formula is C15H15F3N2O3S. The van der Waals surface area contributed by atoms with Crippen molar-refractivity contribution in [2.24, 2.45) is 0 Å². The lowest BCUT2D eigenvalue weighted by molar-refractivity contribution is -0.106. The number of hydrogen-bond acceptors (Lipinski definition) is 4. The fourth-order valence-corrected chi connectivity index (χ4v) is 3.42. The second kappa shape index (κ2) is 7.18. The zero-order valence-corrected chi connectivity index (χ0v) is 13.3. The van der Waals surface area contributed by atoms with E-state index < -0.39 is 22.0 Å². The van der Waals surface area contributed by atoms with E-state index in [0.29, 0.717) is 15.4 Å². The van der Waals surface area contributed by atoms with Gasteiger partial charge in [0.1, 0.15) is 0 Å². The van der Waals surface area contributed by atoms with Crippen LogP contribution in [0.4, 0.5) is 18.9 Å². The summed E-state index contributed by atoms with van der Waals surface area (Å²) in [7, 11) is -4.63. The molecule has 0 spiro atoms. The molecule has 0 saturated heterocycles. The molecule has 1 aromatic heterocycles. The predicted octanol–water partition coefficient (Wildman–Crippen LogP) is 2.47. The van der Waals surface area contributed by atoms with Gasteiger partial charge in [-0.3, -0.25) is 9.29 Å². The molecule has 1 heterocycles. The lowest BCUT2D eigenvalue weighted by atomic mass is 10.2. The van der Waals surface area contributed by atoms with Gasteiger partial charge in [-0.1, -0.05) is 18.2 Å². The summed E-state index contributed by atoms with van der Waals surface area (Å²) in [5.41, 5.74) is 1.06. The standard InChI is InChI=1S/C15H15F3N2O3S/c16-15(17,18)11-24(22,23)20(9-13-2-1-7-19-8-13)14-5-3-12(10-21)4-6-14/h1-8,21H,9-11H2. The summed E-state index contributed by atoms with van der Waals surface area (Å²) in [6.07, 6.45) is -1.98. The lowest BCUT2D eigenvalue weighted by Gasteiger charge is -2.25. The van der Waals surface area contributed by atoms with Crippen LogP contribution >= 0.6 is 0 Å². The third-order valence-electron chi connectivity index (χ3n) is 3.14. The number of nitrogens with zero attached hydrogens (tertiary/aromatic N) is 2. The fraction of sp³-hybridized carbons (Fsp3) is 0.267. The molecule has 0 radical (unpaired) electrons. The first-order chi connectivity index (χ1) is 11.2. The largest absolute Gasteiger partial charge is 0.404 e. The zero-order valence-electron chi connectivity index (χ0n) is 12.4. The minimum Gasteiger partial charge on any atom is -0.392 e. The Labute approximate surface area is 137 Å². The SMILES string of the molecule is O=S(=O)(CC(F)(F)F)N(Cc1cccnc1)c1ccc(CO)cc1. The number of anilines is 1. The molecule has 0 saturated carbocycles. The maximum Gasteiger partial charge on any atom is 0.404 e. The van der Waals surface area contributed by atoms with E-state index in [4.69, 9.17) is 5.11 Å². The molecule has 2 rings (SSSR count). The van der Waals surface area contributed by atoms with Crippen LogP contribution in [-0.4, -0.2) is 30.4 Å². The highest BCUT2D eigenvalue weighted by Gasteiger charge is 2.38. The Balaban J connectivity index is 2.40. The molecule has 5 nitrogen and oxygen atoms in total. The minimum absolute atomic E-state index is 0.0836. The van der Waals surface area contributed by atoms with E-state index in [1.54, 1.807) is 12.1 Å². The summed E-state index contributed by atoms with van der Waals surface area (Å²) < 4.78 is 63.1. The van der Waals surface area contributed by atoms with Crippen LogP contribution in [0.25, 0.3) is 0 Å². The van der Waals surface area contributed by atoms with E-state index in [2.05, 4.69) is 4.98 Å². The summed E-state index contributed by atoms with van der Waals surface area (Å²) >= 11 is 0. The molecule has 0 bridgehead atoms. The summed E-state index contributed by atoms with van der Waals surface area (Å²) in [5, 5.41) is 9.03. The number of aliphatic hydroxyl groups is 1. The first-order valence-corrected chi connectivity index (χ1v) is 8.48. The number of aromatic nitrogens is 1. The second-order valence-corrected chi connectivity index (χ2v) is 6.96. The number of benzene rings is 1. The maximum atomic E-state index is 12.6. The molecular weight excluding hydrogens is 345 g/mol. The van der Waals surface area contributed by atoms with Gasteiger partial charge in [-0.2, -0.15) is 13.2 Å². The number of aliphatic hydroxyl groups excluding tert-OH is 1. The first-order valence-electron chi connectivity index (χ1n) is 6.87. The van der Waals surface area contributed by atoms with Crippen molar-refractivity contribution in [3.8, 4) is 0 Å². The Morgan fingerprint density at radius 1 is 1.08 bits per heavy atom. The molecule has 1 aromatic carbocycles. The van der Waals surface area contributed by atoms with Gasteiger partial charge in [-0.15, -0.1) is 0 Å². The van der Waals surface area contributed by atoms with E-state index in [1.807, 2.05) is 0 Å². The average Bonchev–Trinajstić information content (AvgIpc) is 2.51. The van der Waals surface area contributed by atoms with Gasteiger partial charge >= 0.3 is 6.18 Å². The molecule has 130 valence electrons. The van der Waals surface area contributed by atoms with Crippen LogP contribution in [0.2, 0.25) is 0 Å². The summed E-state index contributed by atoms with van der Waals surface area (Å²) in [6.45, 7) is -0.525. The molecule has 0 amide bonds. The van der Waals surface area contributed by atoms with Crippen molar-refractivity contribution < 1.29 is 26.7 Å². The van der Waals surface area contributed by atoms with Crippen molar-refractivity contribution in [3.63, 3.8) is 0 Å². The second-order valence-electron chi connectivity index (χ2n) is 5.06. The Kier molecular flexibility index (Phi) is 5.45. The van der Waals surface area contributed by atoms with Gasteiger partial charge in [-0.05, 0) is 29.3 Å². The van der Waals surface area contributed by atoms with Crippen molar-refractivity contribution in [3.05, 3.63) is 59.9 Å². The predicted molar refractivity (Wildman–Crippen MR) is 82.6 cm³/mol. The average molecular weight is 360 g/mol. The first kappa shape index (κ1) is 18.2. The van der Waals surface area contributed by atoms with Crippen molar-refractivity contribution in [2.45, 2.75) is 19.3 Å². The van der Waals surface area contributed by atoms with Gasteiger partial charge in [0.15, 0.2) is 5.75 Å². The van der Waals surface area contributed by atoms with Crippen LogP contribution < -0.4 is 4.31 Å². The molecule has 0 unspecified atom stereocenters. The minimum atomic E-state index is -4.85. The number of sulfonamides is 1. The molecule has 0 fully saturated rings. The fourth-order valence-electron chi connectivity index (χ4n) is 2.06. The molecule has 0 atom stereocenters. The number of alkyl halides is 3. The van der Waals surface area contributed by atoms with Crippen LogP contribution in [0, 0.1) is 0 Å².